The summed E-state index contributed by atoms with van der Waals surface area (Å²) in [4.78, 5) is 30.6. The fourth-order valence-corrected chi connectivity index (χ4v) is 5.59. The molecular formula is C54H87FeO6. The van der Waals surface area contributed by atoms with E-state index in [0.717, 1.165) is 77.0 Å². The topological polar surface area (TPSA) is 120 Å². The van der Waals surface area contributed by atoms with Gasteiger partial charge in [0.1, 0.15) is 0 Å². The second kappa shape index (κ2) is 60.9. The summed E-state index contributed by atoms with van der Waals surface area (Å²) in [6.45, 7) is 6.61. The number of allylic oxidation sites excluding steroid dienone is 18. The van der Waals surface area contributed by atoms with E-state index in [1.165, 1.54) is 96.3 Å². The molecule has 0 amide bonds. The molecule has 0 heterocycles. The van der Waals surface area contributed by atoms with Crippen LogP contribution in [0.2, 0.25) is 0 Å². The Morgan fingerprint density at radius 1 is 0.279 bits per heavy atom. The van der Waals surface area contributed by atoms with Gasteiger partial charge in [0.15, 0.2) is 0 Å². The summed E-state index contributed by atoms with van der Waals surface area (Å²) in [6.07, 6.45) is 69.0. The maximum atomic E-state index is 10.2. The number of hydrogen-bond donors (Lipinski definition) is 0. The zero-order valence-electron chi connectivity index (χ0n) is 38.9. The molecule has 0 aliphatic rings. The molecule has 0 saturated carbocycles. The molecule has 347 valence electrons. The quantitative estimate of drug-likeness (QED) is 0.0344. The number of carbonyl (C=O) groups excluding carboxylic acids is 3. The van der Waals surface area contributed by atoms with Gasteiger partial charge in [0.25, 0.3) is 0 Å². The zero-order chi connectivity index (χ0) is 44.7. The van der Waals surface area contributed by atoms with Crippen LogP contribution in [-0.2, 0) is 31.5 Å². The first-order valence-electron chi connectivity index (χ1n) is 23.9. The molecule has 0 aliphatic carbocycles. The number of unbranched alkanes of at least 4 members (excludes halogenated alkanes) is 21. The van der Waals surface area contributed by atoms with Gasteiger partial charge in [-0.2, -0.15) is 0 Å². The van der Waals surface area contributed by atoms with E-state index in [4.69, 9.17) is 0 Å². The van der Waals surface area contributed by atoms with Gasteiger partial charge in [-0.25, -0.2) is 0 Å². The fourth-order valence-electron chi connectivity index (χ4n) is 5.59. The molecular weight excluding hydrogens is 800 g/mol. The molecule has 7 heteroatoms. The van der Waals surface area contributed by atoms with Crippen LogP contribution in [0.4, 0.5) is 0 Å². The molecule has 0 aromatic heterocycles. The molecule has 0 atom stereocenters. The summed E-state index contributed by atoms with van der Waals surface area (Å²) in [5.41, 5.74) is 0. The molecule has 61 heavy (non-hydrogen) atoms. The molecule has 0 bridgehead atoms. The van der Waals surface area contributed by atoms with Gasteiger partial charge in [0.05, 0.1) is 0 Å². The van der Waals surface area contributed by atoms with Crippen LogP contribution in [0.15, 0.2) is 109 Å². The predicted octanol–water partition coefficient (Wildman–Crippen LogP) is 13.0. The third kappa shape index (κ3) is 74.5. The maximum Gasteiger partial charge on any atom is 3.00 e. The van der Waals surface area contributed by atoms with Crippen LogP contribution in [0.25, 0.3) is 0 Å². The molecule has 0 spiro atoms. The monoisotopic (exact) mass is 888 g/mol. The SMILES string of the molecule is CCCCC=CC=CC=CCCCCCCCC(=O)[O-].CCCCC=CC=CC=CCCCCCCCC(=O)[O-].CCCCC=CC=CC=CCCCCCCCC(=O)[O-].[Fe+3]. The van der Waals surface area contributed by atoms with Gasteiger partial charge in [-0.1, -0.05) is 226 Å². The van der Waals surface area contributed by atoms with Crippen molar-refractivity contribution in [1.29, 1.82) is 0 Å². The van der Waals surface area contributed by atoms with Gasteiger partial charge < -0.3 is 29.7 Å². The molecule has 6 nitrogen and oxygen atoms in total. The van der Waals surface area contributed by atoms with E-state index in [1.54, 1.807) is 0 Å². The number of carbonyl (C=O) groups is 3. The van der Waals surface area contributed by atoms with Gasteiger partial charge >= 0.3 is 17.1 Å². The van der Waals surface area contributed by atoms with Gasteiger partial charge in [0, 0.05) is 17.9 Å². The fraction of sp³-hybridized carbons (Fsp3) is 0.611. The minimum Gasteiger partial charge on any atom is -0.550 e. The second-order valence-electron chi connectivity index (χ2n) is 15.2. The van der Waals surface area contributed by atoms with Crippen LogP contribution in [0, 0.1) is 0 Å². The number of hydrogen-bond acceptors (Lipinski definition) is 6. The van der Waals surface area contributed by atoms with E-state index in [0.29, 0.717) is 0 Å². The van der Waals surface area contributed by atoms with Crippen molar-refractivity contribution in [3.05, 3.63) is 109 Å². The number of rotatable bonds is 39. The van der Waals surface area contributed by atoms with Gasteiger partial charge in [0.2, 0.25) is 0 Å². The zero-order valence-corrected chi connectivity index (χ0v) is 40.0. The van der Waals surface area contributed by atoms with E-state index in [2.05, 4.69) is 130 Å². The van der Waals surface area contributed by atoms with Crippen molar-refractivity contribution in [3.63, 3.8) is 0 Å². The van der Waals surface area contributed by atoms with Crippen molar-refractivity contribution < 1.29 is 46.8 Å². The molecule has 0 aromatic carbocycles. The summed E-state index contributed by atoms with van der Waals surface area (Å²) in [6, 6.07) is 0. The first kappa shape index (κ1) is 64.2. The van der Waals surface area contributed by atoms with E-state index in [-0.39, 0.29) is 36.3 Å². The Hall–Kier alpha value is -3.41. The van der Waals surface area contributed by atoms with Crippen molar-refractivity contribution in [1.82, 2.24) is 0 Å². The van der Waals surface area contributed by atoms with Crippen LogP contribution in [0.1, 0.15) is 213 Å². The summed E-state index contributed by atoms with van der Waals surface area (Å²) >= 11 is 0. The van der Waals surface area contributed by atoms with Gasteiger partial charge in [-0.05, 0) is 96.3 Å². The largest absolute Gasteiger partial charge is 3.00 e. The van der Waals surface area contributed by atoms with E-state index in [1.807, 2.05) is 0 Å². The molecule has 0 aliphatic heterocycles. The average Bonchev–Trinajstić information content (AvgIpc) is 3.22. The molecule has 0 fully saturated rings. The van der Waals surface area contributed by atoms with E-state index >= 15 is 0 Å². The Labute approximate surface area is 385 Å². The number of carboxylic acid groups (broad SMARTS) is 3. The van der Waals surface area contributed by atoms with E-state index in [9.17, 15) is 29.7 Å². The normalized spacial score (nSPS) is 11.9. The number of carboxylic acids is 3. The predicted molar refractivity (Wildman–Crippen MR) is 253 cm³/mol. The first-order valence-corrected chi connectivity index (χ1v) is 23.9. The summed E-state index contributed by atoms with van der Waals surface area (Å²) in [5.74, 6) is -2.78. The first-order chi connectivity index (χ1) is 29.3. The van der Waals surface area contributed by atoms with Crippen molar-refractivity contribution in [3.8, 4) is 0 Å². The minimum atomic E-state index is -0.927. The third-order valence-corrected chi connectivity index (χ3v) is 9.24. The Balaban J connectivity index is -0.000000396. The number of aliphatic carboxylic acids is 3. The molecule has 1 radical (unpaired) electrons. The van der Waals surface area contributed by atoms with Gasteiger partial charge in [-0.3, -0.25) is 0 Å². The van der Waals surface area contributed by atoms with Crippen molar-refractivity contribution in [2.75, 3.05) is 0 Å². The van der Waals surface area contributed by atoms with Crippen LogP contribution < -0.4 is 15.3 Å². The summed E-state index contributed by atoms with van der Waals surface area (Å²) in [5, 5.41) is 30.6. The standard InChI is InChI=1S/3C18H30O2.Fe/c3*1-2-3-4-5-6-7-8-9-10-11-12-13-14-15-16-17-18(19)20;/h3*5-10H,2-4,11-17H2,1H3,(H,19,20);/q;;;+3/p-3. The second-order valence-corrected chi connectivity index (χ2v) is 15.2. The Kier molecular flexibility index (Phi) is 64.1. The molecule has 0 saturated heterocycles. The smallest absolute Gasteiger partial charge is 0.550 e. The Morgan fingerprint density at radius 2 is 0.459 bits per heavy atom. The van der Waals surface area contributed by atoms with Crippen LogP contribution in [0.5, 0.6) is 0 Å². The summed E-state index contributed by atoms with van der Waals surface area (Å²) in [7, 11) is 0. The summed E-state index contributed by atoms with van der Waals surface area (Å²) < 4.78 is 0. The van der Waals surface area contributed by atoms with E-state index < -0.39 is 17.9 Å². The van der Waals surface area contributed by atoms with Crippen molar-refractivity contribution in [2.45, 2.75) is 213 Å². The van der Waals surface area contributed by atoms with Crippen LogP contribution >= 0.6 is 0 Å². The molecule has 0 N–H and O–H groups in total. The maximum absolute atomic E-state index is 10.2. The van der Waals surface area contributed by atoms with Crippen LogP contribution in [0.3, 0.4) is 0 Å². The minimum absolute atomic E-state index is 0. The van der Waals surface area contributed by atoms with Crippen molar-refractivity contribution >= 4 is 17.9 Å². The molecule has 0 rings (SSSR count). The van der Waals surface area contributed by atoms with Crippen molar-refractivity contribution in [2.24, 2.45) is 0 Å². The van der Waals surface area contributed by atoms with Crippen LogP contribution in [-0.4, -0.2) is 17.9 Å². The van der Waals surface area contributed by atoms with Gasteiger partial charge in [-0.15, -0.1) is 0 Å². The third-order valence-electron chi connectivity index (χ3n) is 9.24. The molecule has 0 unspecified atom stereocenters. The average molecular weight is 888 g/mol. The molecule has 0 aromatic rings. The Morgan fingerprint density at radius 3 is 0.656 bits per heavy atom. The Bertz CT molecular complexity index is 1060.